The number of esters is 2. The number of hydrogen-bond acceptors (Lipinski definition) is 6. The smallest absolute Gasteiger partial charge is 0.338 e. The van der Waals surface area contributed by atoms with Crippen molar-refractivity contribution in [3.05, 3.63) is 71.1 Å². The molecule has 0 bridgehead atoms. The van der Waals surface area contributed by atoms with Crippen molar-refractivity contribution < 1.29 is 23.6 Å². The topological polar surface area (TPSA) is 78.6 Å². The van der Waals surface area contributed by atoms with E-state index in [1.807, 2.05) is 24.3 Å². The first-order chi connectivity index (χ1) is 12.9. The van der Waals surface area contributed by atoms with E-state index in [0.29, 0.717) is 22.8 Å². The van der Waals surface area contributed by atoms with Crippen molar-refractivity contribution >= 4 is 11.9 Å². The van der Waals surface area contributed by atoms with Crippen molar-refractivity contribution in [2.24, 2.45) is 0 Å². The number of aryl methyl sites for hydroxylation is 2. The lowest BCUT2D eigenvalue weighted by Gasteiger charge is -2.07. The van der Waals surface area contributed by atoms with Crippen molar-refractivity contribution in [2.45, 2.75) is 27.4 Å². The molecule has 0 unspecified atom stereocenters. The van der Waals surface area contributed by atoms with Crippen LogP contribution in [0.1, 0.15) is 34.3 Å². The first kappa shape index (κ1) is 18.4. The van der Waals surface area contributed by atoms with E-state index in [9.17, 15) is 9.59 Å². The average Bonchev–Trinajstić information content (AvgIpc) is 2.98. The van der Waals surface area contributed by atoms with Crippen molar-refractivity contribution in [3.63, 3.8) is 0 Å². The Hall–Kier alpha value is -3.41. The number of nitrogens with zero attached hydrogens (tertiary/aromatic N) is 1. The van der Waals surface area contributed by atoms with E-state index >= 15 is 0 Å². The van der Waals surface area contributed by atoms with E-state index in [0.717, 1.165) is 16.7 Å². The first-order valence-electron chi connectivity index (χ1n) is 8.42. The molecule has 0 aliphatic rings. The normalized spacial score (nSPS) is 10.5. The van der Waals surface area contributed by atoms with Gasteiger partial charge in [-0.3, -0.25) is 4.79 Å². The maximum atomic E-state index is 12.2. The number of carbonyl (C=O) groups excluding carboxylic acids is 2. The van der Waals surface area contributed by atoms with Gasteiger partial charge in [0.25, 0.3) is 0 Å². The predicted molar refractivity (Wildman–Crippen MR) is 98.3 cm³/mol. The zero-order valence-electron chi connectivity index (χ0n) is 15.3. The molecule has 0 aliphatic carbocycles. The molecule has 3 rings (SSSR count). The summed E-state index contributed by atoms with van der Waals surface area (Å²) in [6, 6.07) is 14.3. The van der Waals surface area contributed by atoms with Crippen molar-refractivity contribution in [3.8, 4) is 16.9 Å². The van der Waals surface area contributed by atoms with Crippen LogP contribution in [0.3, 0.4) is 0 Å². The second-order valence-electron chi connectivity index (χ2n) is 6.07. The highest BCUT2D eigenvalue weighted by Gasteiger charge is 2.13. The molecule has 0 atom stereocenters. The zero-order chi connectivity index (χ0) is 19.4. The Balaban J connectivity index is 1.66. The summed E-state index contributed by atoms with van der Waals surface area (Å²) in [6.07, 6.45) is 0. The van der Waals surface area contributed by atoms with Crippen LogP contribution < -0.4 is 4.74 Å². The van der Waals surface area contributed by atoms with Gasteiger partial charge in [0.2, 0.25) is 0 Å². The van der Waals surface area contributed by atoms with Crippen LogP contribution in [0, 0.1) is 13.8 Å². The van der Waals surface area contributed by atoms with Crippen molar-refractivity contribution in [2.75, 3.05) is 0 Å². The molecule has 3 aromatic rings. The highest BCUT2D eigenvalue weighted by Crippen LogP contribution is 2.23. The molecule has 0 saturated heterocycles. The summed E-state index contributed by atoms with van der Waals surface area (Å²) in [5.41, 5.74) is 3.84. The van der Waals surface area contributed by atoms with E-state index in [1.54, 1.807) is 38.1 Å². The van der Waals surface area contributed by atoms with Crippen molar-refractivity contribution in [1.29, 1.82) is 0 Å². The number of carbonyl (C=O) groups is 2. The Bertz CT molecular complexity index is 936. The standard InChI is InChI=1S/C21H19NO5/c1-13-20(14(2)27-22-13)12-25-21(24)18-6-4-16(5-7-18)17-8-10-19(11-9-17)26-15(3)23/h4-11H,12H2,1-3H3. The Labute approximate surface area is 156 Å². The van der Waals surface area contributed by atoms with Crippen LogP contribution in [0.25, 0.3) is 11.1 Å². The zero-order valence-corrected chi connectivity index (χ0v) is 15.3. The summed E-state index contributed by atoms with van der Waals surface area (Å²) in [4.78, 5) is 23.2. The number of hydrogen-bond donors (Lipinski definition) is 0. The van der Waals surface area contributed by atoms with Crippen LogP contribution in [-0.2, 0) is 16.1 Å². The van der Waals surface area contributed by atoms with Gasteiger partial charge in [-0.25, -0.2) is 4.79 Å². The number of benzene rings is 2. The third-order valence-corrected chi connectivity index (χ3v) is 4.10. The van der Waals surface area contributed by atoms with Gasteiger partial charge in [-0.15, -0.1) is 0 Å². The molecule has 0 amide bonds. The van der Waals surface area contributed by atoms with Gasteiger partial charge in [0.05, 0.1) is 16.8 Å². The highest BCUT2D eigenvalue weighted by molar-refractivity contribution is 5.90. The second kappa shape index (κ2) is 7.86. The third-order valence-electron chi connectivity index (χ3n) is 4.10. The second-order valence-corrected chi connectivity index (χ2v) is 6.07. The predicted octanol–water partition coefficient (Wildman–Crippen LogP) is 4.24. The SMILES string of the molecule is CC(=O)Oc1ccc(-c2ccc(C(=O)OCc3c(C)noc3C)cc2)cc1. The van der Waals surface area contributed by atoms with Gasteiger partial charge in [0.15, 0.2) is 0 Å². The van der Waals surface area contributed by atoms with Gasteiger partial charge in [0, 0.05) is 6.92 Å². The molecule has 2 aromatic carbocycles. The largest absolute Gasteiger partial charge is 0.457 e. The Morgan fingerprint density at radius 1 is 0.963 bits per heavy atom. The lowest BCUT2D eigenvalue weighted by molar-refractivity contribution is -0.131. The van der Waals surface area contributed by atoms with E-state index in [-0.39, 0.29) is 12.6 Å². The van der Waals surface area contributed by atoms with E-state index in [1.165, 1.54) is 6.92 Å². The number of ether oxygens (including phenoxy) is 2. The molecule has 0 saturated carbocycles. The fourth-order valence-electron chi connectivity index (χ4n) is 2.61. The summed E-state index contributed by atoms with van der Waals surface area (Å²) in [5, 5.41) is 3.84. The lowest BCUT2D eigenvalue weighted by atomic mass is 10.0. The maximum Gasteiger partial charge on any atom is 0.338 e. The Morgan fingerprint density at radius 2 is 1.56 bits per heavy atom. The van der Waals surface area contributed by atoms with Gasteiger partial charge >= 0.3 is 11.9 Å². The molecule has 0 spiro atoms. The van der Waals surface area contributed by atoms with Gasteiger partial charge in [-0.05, 0) is 49.2 Å². The molecule has 27 heavy (non-hydrogen) atoms. The summed E-state index contributed by atoms with van der Waals surface area (Å²) >= 11 is 0. The van der Waals surface area contributed by atoms with Crippen LogP contribution in [-0.4, -0.2) is 17.1 Å². The monoisotopic (exact) mass is 365 g/mol. The number of rotatable bonds is 5. The summed E-state index contributed by atoms with van der Waals surface area (Å²) in [6.45, 7) is 5.07. The summed E-state index contributed by atoms with van der Waals surface area (Å²) < 4.78 is 15.4. The molecule has 0 N–H and O–H groups in total. The van der Waals surface area contributed by atoms with Crippen LogP contribution in [0.4, 0.5) is 0 Å². The maximum absolute atomic E-state index is 12.2. The Kier molecular flexibility index (Phi) is 5.35. The summed E-state index contributed by atoms with van der Waals surface area (Å²) in [7, 11) is 0. The minimum absolute atomic E-state index is 0.124. The van der Waals surface area contributed by atoms with E-state index < -0.39 is 5.97 Å². The molecular formula is C21H19NO5. The summed E-state index contributed by atoms with van der Waals surface area (Å²) in [5.74, 6) is 0.368. The fourth-order valence-corrected chi connectivity index (χ4v) is 2.61. The average molecular weight is 365 g/mol. The fraction of sp³-hybridized carbons (Fsp3) is 0.190. The Morgan fingerprint density at radius 3 is 2.07 bits per heavy atom. The molecule has 0 aliphatic heterocycles. The van der Waals surface area contributed by atoms with E-state index in [4.69, 9.17) is 14.0 Å². The minimum atomic E-state index is -0.410. The van der Waals surface area contributed by atoms with Crippen LogP contribution in [0.2, 0.25) is 0 Å². The lowest BCUT2D eigenvalue weighted by Crippen LogP contribution is -2.06. The molecule has 138 valence electrons. The first-order valence-corrected chi connectivity index (χ1v) is 8.42. The highest BCUT2D eigenvalue weighted by atomic mass is 16.5. The minimum Gasteiger partial charge on any atom is -0.457 e. The quantitative estimate of drug-likeness (QED) is 0.497. The van der Waals surface area contributed by atoms with Crippen molar-refractivity contribution in [1.82, 2.24) is 5.16 Å². The van der Waals surface area contributed by atoms with Crippen LogP contribution in [0.15, 0.2) is 53.1 Å². The molecule has 1 aromatic heterocycles. The molecular weight excluding hydrogens is 346 g/mol. The van der Waals surface area contributed by atoms with Crippen LogP contribution >= 0.6 is 0 Å². The molecule has 1 heterocycles. The van der Waals surface area contributed by atoms with Gasteiger partial charge in [0.1, 0.15) is 18.1 Å². The molecule has 6 nitrogen and oxygen atoms in total. The van der Waals surface area contributed by atoms with Gasteiger partial charge < -0.3 is 14.0 Å². The molecule has 0 fully saturated rings. The van der Waals surface area contributed by atoms with E-state index in [2.05, 4.69) is 5.16 Å². The third kappa shape index (κ3) is 4.41. The van der Waals surface area contributed by atoms with Gasteiger partial charge in [-0.1, -0.05) is 29.4 Å². The molecule has 6 heteroatoms. The van der Waals surface area contributed by atoms with Gasteiger partial charge in [-0.2, -0.15) is 0 Å². The van der Waals surface area contributed by atoms with Crippen LogP contribution in [0.5, 0.6) is 5.75 Å². The number of aromatic nitrogens is 1. The molecule has 0 radical (unpaired) electrons.